The summed E-state index contributed by atoms with van der Waals surface area (Å²) < 4.78 is 5.45. The highest BCUT2D eigenvalue weighted by molar-refractivity contribution is 8.04. The molecular weight excluding hydrogens is 360 g/mol. The number of anilines is 1. The van der Waals surface area contributed by atoms with Gasteiger partial charge < -0.3 is 15.4 Å². The standard InChI is InChI=1S/C21H22N2O3S/c1-14-8-9-17(20(24)22-13-16-6-4-3-5-7-16)12-18(14)23-21(25)19-15(2)26-10-11-27-19/h3-9,12H,10-11,13H2,1-2H3,(H,22,24)(H,23,25). The minimum Gasteiger partial charge on any atom is -0.496 e. The summed E-state index contributed by atoms with van der Waals surface area (Å²) in [7, 11) is 0. The van der Waals surface area contributed by atoms with Crippen molar-refractivity contribution in [2.24, 2.45) is 0 Å². The number of allylic oxidation sites excluding steroid dienone is 1. The summed E-state index contributed by atoms with van der Waals surface area (Å²) >= 11 is 1.48. The molecule has 0 atom stereocenters. The van der Waals surface area contributed by atoms with Crippen LogP contribution in [-0.4, -0.2) is 24.2 Å². The second-order valence-electron chi connectivity index (χ2n) is 6.23. The van der Waals surface area contributed by atoms with Crippen molar-refractivity contribution in [1.29, 1.82) is 0 Å². The van der Waals surface area contributed by atoms with Crippen molar-refractivity contribution in [3.8, 4) is 0 Å². The minimum absolute atomic E-state index is 0.180. The Kier molecular flexibility index (Phi) is 6.19. The van der Waals surface area contributed by atoms with Crippen LogP contribution in [0.25, 0.3) is 0 Å². The van der Waals surface area contributed by atoms with E-state index >= 15 is 0 Å². The topological polar surface area (TPSA) is 67.4 Å². The lowest BCUT2D eigenvalue weighted by Crippen LogP contribution is -2.23. The van der Waals surface area contributed by atoms with Gasteiger partial charge in [0.15, 0.2) is 0 Å². The van der Waals surface area contributed by atoms with Gasteiger partial charge in [-0.15, -0.1) is 11.8 Å². The maximum absolute atomic E-state index is 12.6. The molecule has 3 rings (SSSR count). The van der Waals surface area contributed by atoms with Gasteiger partial charge in [0.25, 0.3) is 11.8 Å². The molecule has 0 aliphatic carbocycles. The van der Waals surface area contributed by atoms with E-state index in [2.05, 4.69) is 10.6 Å². The van der Waals surface area contributed by atoms with Gasteiger partial charge in [0.1, 0.15) is 10.7 Å². The molecule has 2 aromatic carbocycles. The molecule has 27 heavy (non-hydrogen) atoms. The van der Waals surface area contributed by atoms with Crippen LogP contribution in [0.3, 0.4) is 0 Å². The van der Waals surface area contributed by atoms with Crippen molar-refractivity contribution < 1.29 is 14.3 Å². The van der Waals surface area contributed by atoms with Gasteiger partial charge in [-0.05, 0) is 37.1 Å². The third-order valence-electron chi connectivity index (χ3n) is 4.22. The van der Waals surface area contributed by atoms with Crippen LogP contribution in [0, 0.1) is 6.92 Å². The number of hydrogen-bond donors (Lipinski definition) is 2. The molecule has 0 saturated heterocycles. The lowest BCUT2D eigenvalue weighted by molar-refractivity contribution is -0.112. The smallest absolute Gasteiger partial charge is 0.265 e. The van der Waals surface area contributed by atoms with E-state index in [1.54, 1.807) is 19.1 Å². The van der Waals surface area contributed by atoms with Gasteiger partial charge in [0.05, 0.1) is 6.61 Å². The average molecular weight is 382 g/mol. The zero-order valence-electron chi connectivity index (χ0n) is 15.4. The summed E-state index contributed by atoms with van der Waals surface area (Å²) in [5.41, 5.74) is 3.05. The molecule has 140 valence electrons. The number of benzene rings is 2. The fraction of sp³-hybridized carbons (Fsp3) is 0.238. The van der Waals surface area contributed by atoms with Crippen molar-refractivity contribution in [3.05, 3.63) is 75.9 Å². The lowest BCUT2D eigenvalue weighted by atomic mass is 10.1. The highest BCUT2D eigenvalue weighted by atomic mass is 32.2. The molecule has 2 amide bonds. The Morgan fingerprint density at radius 1 is 1.07 bits per heavy atom. The molecule has 0 bridgehead atoms. The number of carbonyl (C=O) groups is 2. The van der Waals surface area contributed by atoms with E-state index in [0.29, 0.717) is 35.1 Å². The second-order valence-corrected chi connectivity index (χ2v) is 7.34. The minimum atomic E-state index is -0.206. The first-order valence-electron chi connectivity index (χ1n) is 8.75. The van der Waals surface area contributed by atoms with Crippen molar-refractivity contribution in [1.82, 2.24) is 5.32 Å². The van der Waals surface area contributed by atoms with Crippen LogP contribution in [0.2, 0.25) is 0 Å². The van der Waals surface area contributed by atoms with Gasteiger partial charge in [-0.25, -0.2) is 0 Å². The zero-order chi connectivity index (χ0) is 19.2. The van der Waals surface area contributed by atoms with E-state index in [-0.39, 0.29) is 11.8 Å². The summed E-state index contributed by atoms with van der Waals surface area (Å²) in [6, 6.07) is 15.0. The molecule has 6 heteroatoms. The number of carbonyl (C=O) groups excluding carboxylic acids is 2. The summed E-state index contributed by atoms with van der Waals surface area (Å²) in [4.78, 5) is 25.6. The monoisotopic (exact) mass is 382 g/mol. The van der Waals surface area contributed by atoms with E-state index in [0.717, 1.165) is 16.9 Å². The van der Waals surface area contributed by atoms with Gasteiger partial charge in [0, 0.05) is 23.5 Å². The van der Waals surface area contributed by atoms with Crippen LogP contribution in [0.5, 0.6) is 0 Å². The molecule has 0 radical (unpaired) electrons. The highest BCUT2D eigenvalue weighted by Crippen LogP contribution is 2.27. The normalized spacial score (nSPS) is 13.7. The summed E-state index contributed by atoms with van der Waals surface area (Å²) in [6.45, 7) is 4.76. The molecule has 2 aromatic rings. The predicted octanol–water partition coefficient (Wildman–Crippen LogP) is 3.86. The summed E-state index contributed by atoms with van der Waals surface area (Å²) in [5.74, 6) is 1.00. The van der Waals surface area contributed by atoms with Crippen molar-refractivity contribution in [2.75, 3.05) is 17.7 Å². The molecule has 1 aliphatic rings. The van der Waals surface area contributed by atoms with Crippen molar-refractivity contribution in [2.45, 2.75) is 20.4 Å². The molecule has 0 fully saturated rings. The van der Waals surface area contributed by atoms with Crippen LogP contribution < -0.4 is 10.6 Å². The molecule has 0 unspecified atom stereocenters. The van der Waals surface area contributed by atoms with E-state index in [9.17, 15) is 9.59 Å². The molecule has 5 nitrogen and oxygen atoms in total. The molecule has 2 N–H and O–H groups in total. The fourth-order valence-corrected chi connectivity index (χ4v) is 3.50. The SMILES string of the molecule is CC1=C(C(=O)Nc2cc(C(=O)NCc3ccccc3)ccc2C)SCCO1. The molecular formula is C21H22N2O3S. The maximum atomic E-state index is 12.6. The highest BCUT2D eigenvalue weighted by Gasteiger charge is 2.20. The van der Waals surface area contributed by atoms with Crippen LogP contribution >= 0.6 is 11.8 Å². The van der Waals surface area contributed by atoms with Crippen molar-refractivity contribution >= 4 is 29.3 Å². The molecule has 1 heterocycles. The zero-order valence-corrected chi connectivity index (χ0v) is 16.2. The second kappa shape index (κ2) is 8.77. The van der Waals surface area contributed by atoms with Crippen LogP contribution in [0.1, 0.15) is 28.4 Å². The van der Waals surface area contributed by atoms with E-state index in [4.69, 9.17) is 4.74 Å². The Morgan fingerprint density at radius 2 is 1.85 bits per heavy atom. The van der Waals surface area contributed by atoms with Gasteiger partial charge in [-0.1, -0.05) is 36.4 Å². The number of rotatable bonds is 5. The lowest BCUT2D eigenvalue weighted by Gasteiger charge is -2.18. The van der Waals surface area contributed by atoms with E-state index in [1.165, 1.54) is 11.8 Å². The third kappa shape index (κ3) is 4.92. The summed E-state index contributed by atoms with van der Waals surface area (Å²) in [6.07, 6.45) is 0. The number of hydrogen-bond acceptors (Lipinski definition) is 4. The van der Waals surface area contributed by atoms with Gasteiger partial charge in [-0.3, -0.25) is 9.59 Å². The number of thioether (sulfide) groups is 1. The number of ether oxygens (including phenoxy) is 1. The molecule has 0 saturated carbocycles. The Morgan fingerprint density at radius 3 is 2.59 bits per heavy atom. The van der Waals surface area contributed by atoms with E-state index < -0.39 is 0 Å². The quantitative estimate of drug-likeness (QED) is 0.824. The molecule has 0 aromatic heterocycles. The number of nitrogens with one attached hydrogen (secondary N) is 2. The molecule has 1 aliphatic heterocycles. The number of amides is 2. The third-order valence-corrected chi connectivity index (χ3v) is 5.35. The Labute approximate surface area is 163 Å². The van der Waals surface area contributed by atoms with Crippen LogP contribution in [-0.2, 0) is 16.1 Å². The predicted molar refractivity (Wildman–Crippen MR) is 109 cm³/mol. The van der Waals surface area contributed by atoms with Crippen molar-refractivity contribution in [3.63, 3.8) is 0 Å². The summed E-state index contributed by atoms with van der Waals surface area (Å²) in [5, 5.41) is 5.80. The Hall–Kier alpha value is -2.73. The Bertz CT molecular complexity index is 878. The van der Waals surface area contributed by atoms with Gasteiger partial charge in [0.2, 0.25) is 0 Å². The van der Waals surface area contributed by atoms with Crippen LogP contribution in [0.15, 0.2) is 59.2 Å². The maximum Gasteiger partial charge on any atom is 0.265 e. The first-order chi connectivity index (χ1) is 13.0. The fourth-order valence-electron chi connectivity index (χ4n) is 2.69. The van der Waals surface area contributed by atoms with E-state index in [1.807, 2.05) is 43.3 Å². The largest absolute Gasteiger partial charge is 0.496 e. The average Bonchev–Trinajstić information content (AvgIpc) is 2.69. The van der Waals surface area contributed by atoms with Gasteiger partial charge >= 0.3 is 0 Å². The van der Waals surface area contributed by atoms with Crippen LogP contribution in [0.4, 0.5) is 5.69 Å². The Balaban J connectivity index is 1.70. The van der Waals surface area contributed by atoms with Gasteiger partial charge in [-0.2, -0.15) is 0 Å². The first kappa shape index (κ1) is 19.0. The molecule has 0 spiro atoms. The first-order valence-corrected chi connectivity index (χ1v) is 9.74. The number of aryl methyl sites for hydroxylation is 1.